The Hall–Kier alpha value is -2.02. The van der Waals surface area contributed by atoms with Crippen molar-refractivity contribution < 1.29 is 13.9 Å². The molecule has 110 valence electrons. The number of nitrogens with zero attached hydrogens (tertiary/aromatic N) is 2. The predicted molar refractivity (Wildman–Crippen MR) is 80.0 cm³/mol. The lowest BCUT2D eigenvalue weighted by atomic mass is 10.2. The Kier molecular flexibility index (Phi) is 4.85. The molecule has 0 unspecified atom stereocenters. The number of hydrogen-bond acceptors (Lipinski definition) is 4. The number of nitrogens with one attached hydrogen (secondary N) is 1. The van der Waals surface area contributed by atoms with Gasteiger partial charge in [0.1, 0.15) is 11.5 Å². The molecule has 1 heterocycles. The van der Waals surface area contributed by atoms with Crippen molar-refractivity contribution in [3.8, 4) is 5.75 Å². The second-order valence-electron chi connectivity index (χ2n) is 4.19. The zero-order valence-corrected chi connectivity index (χ0v) is 13.1. The third-order valence-electron chi connectivity index (χ3n) is 2.56. The predicted octanol–water partition coefficient (Wildman–Crippen LogP) is 3.34. The zero-order chi connectivity index (χ0) is 15.4. The molecule has 2 aromatic rings. The molecule has 1 aromatic heterocycles. The van der Waals surface area contributed by atoms with Crippen LogP contribution in [0.2, 0.25) is 0 Å². The molecule has 7 heteroatoms. The number of aromatic nitrogens is 2. The van der Waals surface area contributed by atoms with Crippen LogP contribution in [0.5, 0.6) is 5.75 Å². The summed E-state index contributed by atoms with van der Waals surface area (Å²) < 4.78 is 19.3. The highest BCUT2D eigenvalue weighted by molar-refractivity contribution is 9.10. The summed E-state index contributed by atoms with van der Waals surface area (Å²) in [5.74, 6) is -0.608. The molecule has 0 spiro atoms. The second-order valence-corrected chi connectivity index (χ2v) is 5.05. The number of hydrogen-bond donors (Lipinski definition) is 1. The van der Waals surface area contributed by atoms with E-state index in [4.69, 9.17) is 4.74 Å². The molecule has 21 heavy (non-hydrogen) atoms. The number of carbonyl (C=O) groups excluding carboxylic acids is 1. The van der Waals surface area contributed by atoms with E-state index in [1.54, 1.807) is 13.8 Å². The van der Waals surface area contributed by atoms with Gasteiger partial charge in [-0.05, 0) is 35.8 Å². The molecule has 1 N–H and O–H groups in total. The van der Waals surface area contributed by atoms with Crippen molar-refractivity contribution >= 4 is 27.5 Å². The summed E-state index contributed by atoms with van der Waals surface area (Å²) in [6.07, 6.45) is 2.85. The van der Waals surface area contributed by atoms with Gasteiger partial charge in [0, 0.05) is 12.3 Å². The lowest BCUT2D eigenvalue weighted by Crippen LogP contribution is -2.15. The van der Waals surface area contributed by atoms with E-state index in [9.17, 15) is 9.18 Å². The molecular weight excluding hydrogens is 341 g/mol. The Morgan fingerprint density at radius 1 is 1.38 bits per heavy atom. The molecule has 2 rings (SSSR count). The summed E-state index contributed by atoms with van der Waals surface area (Å²) in [5, 5.41) is 2.58. The van der Waals surface area contributed by atoms with Crippen molar-refractivity contribution in [2.24, 2.45) is 0 Å². The Bertz CT molecular complexity index is 662. The molecule has 0 aliphatic rings. The van der Waals surface area contributed by atoms with Crippen LogP contribution >= 0.6 is 15.9 Å². The van der Waals surface area contributed by atoms with Gasteiger partial charge in [0.25, 0.3) is 5.91 Å². The number of aryl methyl sites for hydroxylation is 1. The maximum absolute atomic E-state index is 13.5. The summed E-state index contributed by atoms with van der Waals surface area (Å²) in [6, 6.07) is 2.46. The number of rotatable bonds is 4. The van der Waals surface area contributed by atoms with E-state index in [0.29, 0.717) is 22.5 Å². The molecule has 0 saturated carbocycles. The van der Waals surface area contributed by atoms with E-state index in [1.807, 2.05) is 0 Å². The van der Waals surface area contributed by atoms with Gasteiger partial charge in [0.2, 0.25) is 0 Å². The first kappa shape index (κ1) is 15.4. The lowest BCUT2D eigenvalue weighted by Gasteiger charge is -2.13. The minimum absolute atomic E-state index is 0.142. The Morgan fingerprint density at radius 2 is 2.14 bits per heavy atom. The maximum Gasteiger partial charge on any atom is 0.275 e. The van der Waals surface area contributed by atoms with Gasteiger partial charge in [0.15, 0.2) is 5.75 Å². The molecule has 0 bridgehead atoms. The van der Waals surface area contributed by atoms with Crippen molar-refractivity contribution in [2.45, 2.75) is 13.8 Å². The smallest absolute Gasteiger partial charge is 0.275 e. The van der Waals surface area contributed by atoms with Gasteiger partial charge >= 0.3 is 0 Å². The van der Waals surface area contributed by atoms with Gasteiger partial charge in [-0.3, -0.25) is 9.78 Å². The Morgan fingerprint density at radius 3 is 2.76 bits per heavy atom. The summed E-state index contributed by atoms with van der Waals surface area (Å²) >= 11 is 3.21. The molecule has 0 aliphatic carbocycles. The minimum atomic E-state index is -0.490. The average Bonchev–Trinajstić information content (AvgIpc) is 2.43. The van der Waals surface area contributed by atoms with Gasteiger partial charge in [-0.25, -0.2) is 9.37 Å². The van der Waals surface area contributed by atoms with E-state index >= 15 is 0 Å². The van der Waals surface area contributed by atoms with Crippen LogP contribution in [-0.2, 0) is 0 Å². The molecule has 5 nitrogen and oxygen atoms in total. The third kappa shape index (κ3) is 3.75. The highest BCUT2D eigenvalue weighted by Gasteiger charge is 2.15. The monoisotopic (exact) mass is 353 g/mol. The summed E-state index contributed by atoms with van der Waals surface area (Å²) in [7, 11) is 0. The van der Waals surface area contributed by atoms with E-state index in [-0.39, 0.29) is 11.4 Å². The van der Waals surface area contributed by atoms with Crippen molar-refractivity contribution in [3.05, 3.63) is 46.2 Å². The van der Waals surface area contributed by atoms with Gasteiger partial charge < -0.3 is 10.1 Å². The minimum Gasteiger partial charge on any atom is -0.491 e. The van der Waals surface area contributed by atoms with E-state index in [0.717, 1.165) is 0 Å². The largest absolute Gasteiger partial charge is 0.491 e. The molecular formula is C14H13BrFN3O2. The van der Waals surface area contributed by atoms with Crippen molar-refractivity contribution in [1.29, 1.82) is 0 Å². The molecule has 0 fully saturated rings. The molecule has 1 amide bonds. The van der Waals surface area contributed by atoms with Gasteiger partial charge in [-0.2, -0.15) is 0 Å². The normalized spacial score (nSPS) is 10.3. The number of benzene rings is 1. The molecule has 0 aliphatic heterocycles. The van der Waals surface area contributed by atoms with E-state index in [2.05, 4.69) is 31.2 Å². The first-order valence-corrected chi connectivity index (χ1v) is 7.02. The number of amides is 1. The van der Waals surface area contributed by atoms with Gasteiger partial charge in [0.05, 0.1) is 28.7 Å². The van der Waals surface area contributed by atoms with E-state index in [1.165, 1.54) is 24.5 Å². The van der Waals surface area contributed by atoms with Crippen LogP contribution in [0.25, 0.3) is 0 Å². The fraction of sp³-hybridized carbons (Fsp3) is 0.214. The van der Waals surface area contributed by atoms with Gasteiger partial charge in [-0.1, -0.05) is 0 Å². The molecule has 0 atom stereocenters. The summed E-state index contributed by atoms with van der Waals surface area (Å²) in [6.45, 7) is 3.95. The first-order chi connectivity index (χ1) is 10.0. The Labute approximate surface area is 129 Å². The summed E-state index contributed by atoms with van der Waals surface area (Å²) in [5.41, 5.74) is 1.08. The third-order valence-corrected chi connectivity index (χ3v) is 3.15. The molecule has 0 saturated heterocycles. The maximum atomic E-state index is 13.5. The van der Waals surface area contributed by atoms with Gasteiger partial charge in [-0.15, -0.1) is 0 Å². The Balaban J connectivity index is 2.29. The number of anilines is 1. The molecule has 1 aromatic carbocycles. The zero-order valence-electron chi connectivity index (χ0n) is 11.5. The highest BCUT2D eigenvalue weighted by atomic mass is 79.9. The lowest BCUT2D eigenvalue weighted by molar-refractivity contribution is 0.102. The van der Waals surface area contributed by atoms with Crippen LogP contribution in [0, 0.1) is 12.7 Å². The second kappa shape index (κ2) is 6.62. The first-order valence-electron chi connectivity index (χ1n) is 6.23. The van der Waals surface area contributed by atoms with E-state index < -0.39 is 11.7 Å². The summed E-state index contributed by atoms with van der Waals surface area (Å²) in [4.78, 5) is 20.1. The fourth-order valence-corrected chi connectivity index (χ4v) is 2.19. The van der Waals surface area contributed by atoms with Crippen molar-refractivity contribution in [2.75, 3.05) is 11.9 Å². The standard InChI is InChI=1S/C14H13BrFN3O2/c1-3-21-13-10(15)4-9(16)5-11(13)19-14(20)12-7-17-8(2)6-18-12/h4-7H,3H2,1-2H3,(H,19,20). The van der Waals surface area contributed by atoms with Crippen LogP contribution in [0.1, 0.15) is 23.1 Å². The van der Waals surface area contributed by atoms with Crippen LogP contribution < -0.4 is 10.1 Å². The quantitative estimate of drug-likeness (QED) is 0.915. The van der Waals surface area contributed by atoms with Crippen molar-refractivity contribution in [3.63, 3.8) is 0 Å². The SMILES string of the molecule is CCOc1c(Br)cc(F)cc1NC(=O)c1cnc(C)cn1. The highest BCUT2D eigenvalue weighted by Crippen LogP contribution is 2.34. The van der Waals surface area contributed by atoms with Crippen LogP contribution in [-0.4, -0.2) is 22.5 Å². The molecule has 0 radical (unpaired) electrons. The van der Waals surface area contributed by atoms with Crippen LogP contribution in [0.4, 0.5) is 10.1 Å². The number of ether oxygens (including phenoxy) is 1. The average molecular weight is 354 g/mol. The number of halogens is 2. The van der Waals surface area contributed by atoms with Crippen LogP contribution in [0.3, 0.4) is 0 Å². The number of carbonyl (C=O) groups is 1. The fourth-order valence-electron chi connectivity index (χ4n) is 1.64. The van der Waals surface area contributed by atoms with Crippen LogP contribution in [0.15, 0.2) is 29.0 Å². The van der Waals surface area contributed by atoms with Crippen molar-refractivity contribution in [1.82, 2.24) is 9.97 Å². The topological polar surface area (TPSA) is 64.1 Å².